The summed E-state index contributed by atoms with van der Waals surface area (Å²) in [5.41, 5.74) is 8.16. The van der Waals surface area contributed by atoms with Crippen LogP contribution in [-0.2, 0) is 9.59 Å². The van der Waals surface area contributed by atoms with Gasteiger partial charge in [0.2, 0.25) is 11.8 Å². The van der Waals surface area contributed by atoms with Gasteiger partial charge in [-0.3, -0.25) is 9.59 Å². The minimum atomic E-state index is -0.128. The Bertz CT molecular complexity index is 602. The predicted octanol–water partition coefficient (Wildman–Crippen LogP) is 2.59. The van der Waals surface area contributed by atoms with Gasteiger partial charge in [-0.1, -0.05) is 6.07 Å². The number of rotatable bonds is 3. The van der Waals surface area contributed by atoms with Gasteiger partial charge < -0.3 is 16.0 Å². The molecule has 1 aliphatic carbocycles. The number of carbonyl (C=O) groups excluding carboxylic acids is 2. The van der Waals surface area contributed by atoms with E-state index in [0.29, 0.717) is 12.2 Å². The Hall–Kier alpha value is -1.75. The van der Waals surface area contributed by atoms with Gasteiger partial charge in [0.05, 0.1) is 5.92 Å². The van der Waals surface area contributed by atoms with E-state index in [2.05, 4.69) is 5.32 Å². The van der Waals surface area contributed by atoms with Crippen molar-refractivity contribution in [3.05, 3.63) is 23.8 Å². The molecule has 0 spiro atoms. The number of carbonyl (C=O) groups is 2. The number of hydrogen-bond donors (Lipinski definition) is 2. The fourth-order valence-electron chi connectivity index (χ4n) is 2.99. The highest BCUT2D eigenvalue weighted by atomic mass is 35.5. The van der Waals surface area contributed by atoms with Crippen LogP contribution >= 0.6 is 12.4 Å². The molecule has 1 saturated heterocycles. The first kappa shape index (κ1) is 17.6. The Kier molecular flexibility index (Phi) is 5.52. The molecule has 1 aliphatic heterocycles. The number of nitrogen functional groups attached to an aromatic ring is 1. The third-order valence-electron chi connectivity index (χ3n) is 4.55. The van der Waals surface area contributed by atoms with Crippen LogP contribution < -0.4 is 11.1 Å². The van der Waals surface area contributed by atoms with Crippen molar-refractivity contribution in [2.75, 3.05) is 24.1 Å². The average Bonchev–Trinajstić information content (AvgIpc) is 3.35. The third kappa shape index (κ3) is 4.16. The zero-order valence-corrected chi connectivity index (χ0v) is 14.2. The number of nitrogens with two attached hydrogens (primary N) is 1. The van der Waals surface area contributed by atoms with Gasteiger partial charge in [-0.15, -0.1) is 12.4 Å². The molecule has 0 aromatic heterocycles. The highest BCUT2D eigenvalue weighted by Gasteiger charge is 2.36. The first-order valence-corrected chi connectivity index (χ1v) is 8.00. The minimum Gasteiger partial charge on any atom is -0.399 e. The number of nitrogens with one attached hydrogen (secondary N) is 1. The molecule has 0 radical (unpaired) electrons. The van der Waals surface area contributed by atoms with Gasteiger partial charge in [0.1, 0.15) is 0 Å². The molecule has 6 heteroatoms. The Morgan fingerprint density at radius 3 is 2.65 bits per heavy atom. The molecule has 1 atom stereocenters. The van der Waals surface area contributed by atoms with E-state index < -0.39 is 0 Å². The van der Waals surface area contributed by atoms with E-state index >= 15 is 0 Å². The van der Waals surface area contributed by atoms with Crippen molar-refractivity contribution in [3.8, 4) is 0 Å². The van der Waals surface area contributed by atoms with Gasteiger partial charge in [-0.05, 0) is 50.3 Å². The van der Waals surface area contributed by atoms with Crippen LogP contribution in [0, 0.1) is 18.8 Å². The van der Waals surface area contributed by atoms with Gasteiger partial charge in [-0.2, -0.15) is 0 Å². The molecular weight excluding hydrogens is 314 g/mol. The van der Waals surface area contributed by atoms with Crippen LogP contribution in [0.1, 0.15) is 31.2 Å². The molecule has 3 rings (SSSR count). The number of aryl methyl sites for hydroxylation is 1. The van der Waals surface area contributed by atoms with Gasteiger partial charge in [-0.25, -0.2) is 0 Å². The molecule has 3 N–H and O–H groups in total. The molecule has 2 aliphatic rings. The molecule has 1 saturated carbocycles. The van der Waals surface area contributed by atoms with Crippen LogP contribution in [0.5, 0.6) is 0 Å². The number of hydrogen-bond acceptors (Lipinski definition) is 3. The van der Waals surface area contributed by atoms with Gasteiger partial charge in [0.15, 0.2) is 0 Å². The Balaban J connectivity index is 0.00000192. The quantitative estimate of drug-likeness (QED) is 0.832. The summed E-state index contributed by atoms with van der Waals surface area (Å²) in [6.07, 6.45) is 3.75. The summed E-state index contributed by atoms with van der Waals surface area (Å²) in [5.74, 6) is 0.315. The van der Waals surface area contributed by atoms with Crippen molar-refractivity contribution in [1.29, 1.82) is 0 Å². The second-order valence-corrected chi connectivity index (χ2v) is 6.46. The SMILES string of the molecule is Cc1ccc(N)cc1NC(=O)C1CCCN(C(=O)C2CC2)C1.Cl. The van der Waals surface area contributed by atoms with E-state index in [-0.39, 0.29) is 36.1 Å². The summed E-state index contributed by atoms with van der Waals surface area (Å²) in [6, 6.07) is 5.50. The van der Waals surface area contributed by atoms with E-state index in [4.69, 9.17) is 5.73 Å². The lowest BCUT2D eigenvalue weighted by Crippen LogP contribution is -2.44. The maximum atomic E-state index is 12.5. The standard InChI is InChI=1S/C17H23N3O2.ClH/c1-11-4-7-14(18)9-15(11)19-16(21)13-3-2-8-20(10-13)17(22)12-5-6-12;/h4,7,9,12-13H,2-3,5-6,8,10,18H2,1H3,(H,19,21);1H. The highest BCUT2D eigenvalue weighted by molar-refractivity contribution is 5.94. The van der Waals surface area contributed by atoms with Gasteiger partial charge in [0, 0.05) is 30.4 Å². The molecule has 23 heavy (non-hydrogen) atoms. The van der Waals surface area contributed by atoms with Crippen LogP contribution in [0.4, 0.5) is 11.4 Å². The van der Waals surface area contributed by atoms with Gasteiger partial charge in [0.25, 0.3) is 0 Å². The largest absolute Gasteiger partial charge is 0.399 e. The third-order valence-corrected chi connectivity index (χ3v) is 4.55. The van der Waals surface area contributed by atoms with Crippen LogP contribution in [-0.4, -0.2) is 29.8 Å². The summed E-state index contributed by atoms with van der Waals surface area (Å²) in [7, 11) is 0. The van der Waals surface area contributed by atoms with Crippen molar-refractivity contribution in [2.24, 2.45) is 11.8 Å². The van der Waals surface area contributed by atoms with E-state index in [1.54, 1.807) is 6.07 Å². The maximum Gasteiger partial charge on any atom is 0.229 e. The van der Waals surface area contributed by atoms with E-state index in [0.717, 1.165) is 43.5 Å². The van der Waals surface area contributed by atoms with Crippen molar-refractivity contribution < 1.29 is 9.59 Å². The predicted molar refractivity (Wildman–Crippen MR) is 93.5 cm³/mol. The topological polar surface area (TPSA) is 75.4 Å². The van der Waals surface area contributed by atoms with E-state index in [9.17, 15) is 9.59 Å². The first-order valence-electron chi connectivity index (χ1n) is 8.00. The van der Waals surface area contributed by atoms with Crippen LogP contribution in [0.15, 0.2) is 18.2 Å². The minimum absolute atomic E-state index is 0. The number of amides is 2. The maximum absolute atomic E-state index is 12.5. The van der Waals surface area contributed by atoms with E-state index in [1.165, 1.54) is 0 Å². The van der Waals surface area contributed by atoms with Crippen LogP contribution in [0.3, 0.4) is 0 Å². The average molecular weight is 338 g/mol. The van der Waals surface area contributed by atoms with Crippen molar-refractivity contribution in [2.45, 2.75) is 32.6 Å². The summed E-state index contributed by atoms with van der Waals surface area (Å²) in [6.45, 7) is 3.28. The number of nitrogens with zero attached hydrogens (tertiary/aromatic N) is 1. The Labute approximate surface area is 143 Å². The molecule has 2 amide bonds. The van der Waals surface area contributed by atoms with Crippen LogP contribution in [0.25, 0.3) is 0 Å². The molecular formula is C17H24ClN3O2. The molecule has 1 aromatic carbocycles. The second-order valence-electron chi connectivity index (χ2n) is 6.46. The molecule has 1 unspecified atom stereocenters. The summed E-state index contributed by atoms with van der Waals surface area (Å²) in [4.78, 5) is 26.5. The number of benzene rings is 1. The lowest BCUT2D eigenvalue weighted by atomic mass is 9.96. The number of anilines is 2. The smallest absolute Gasteiger partial charge is 0.229 e. The second kappa shape index (κ2) is 7.21. The molecule has 2 fully saturated rings. The van der Waals surface area contributed by atoms with Crippen LogP contribution in [0.2, 0.25) is 0 Å². The summed E-state index contributed by atoms with van der Waals surface area (Å²) < 4.78 is 0. The van der Waals surface area contributed by atoms with Crippen molar-refractivity contribution in [1.82, 2.24) is 4.90 Å². The molecule has 1 aromatic rings. The summed E-state index contributed by atoms with van der Waals surface area (Å²) >= 11 is 0. The molecule has 0 bridgehead atoms. The molecule has 5 nitrogen and oxygen atoms in total. The van der Waals surface area contributed by atoms with Crippen molar-refractivity contribution in [3.63, 3.8) is 0 Å². The lowest BCUT2D eigenvalue weighted by molar-refractivity contribution is -0.135. The highest BCUT2D eigenvalue weighted by Crippen LogP contribution is 2.32. The van der Waals surface area contributed by atoms with Gasteiger partial charge >= 0.3 is 0 Å². The zero-order valence-electron chi connectivity index (χ0n) is 13.4. The molecule has 1 heterocycles. The monoisotopic (exact) mass is 337 g/mol. The fraction of sp³-hybridized carbons (Fsp3) is 0.529. The Morgan fingerprint density at radius 2 is 1.96 bits per heavy atom. The van der Waals surface area contributed by atoms with E-state index in [1.807, 2.05) is 24.0 Å². The Morgan fingerprint density at radius 1 is 1.22 bits per heavy atom. The molecule has 126 valence electrons. The zero-order chi connectivity index (χ0) is 15.7. The summed E-state index contributed by atoms with van der Waals surface area (Å²) in [5, 5.41) is 2.97. The number of halogens is 1. The lowest BCUT2D eigenvalue weighted by Gasteiger charge is -2.32. The first-order chi connectivity index (χ1) is 10.5. The number of likely N-dealkylation sites (tertiary alicyclic amines) is 1. The number of piperidine rings is 1. The van der Waals surface area contributed by atoms with Crippen molar-refractivity contribution >= 4 is 35.6 Å². The normalized spacial score (nSPS) is 20.6. The fourth-order valence-corrected chi connectivity index (χ4v) is 2.99.